The minimum atomic E-state index is -0.141. The fourth-order valence-electron chi connectivity index (χ4n) is 3.32. The Bertz CT molecular complexity index is 931. The molecule has 3 heterocycles. The van der Waals surface area contributed by atoms with Crippen LogP contribution in [0, 0.1) is 6.92 Å². The number of halogens is 1. The lowest BCUT2D eigenvalue weighted by atomic mass is 10.1. The Balaban J connectivity index is 1.37. The van der Waals surface area contributed by atoms with E-state index in [1.807, 2.05) is 36.5 Å². The van der Waals surface area contributed by atoms with Crippen LogP contribution < -0.4 is 5.32 Å². The summed E-state index contributed by atoms with van der Waals surface area (Å²) < 4.78 is 6.73. The molecule has 0 atom stereocenters. The lowest BCUT2D eigenvalue weighted by Crippen LogP contribution is -2.37. The molecule has 1 aliphatic rings. The third kappa shape index (κ3) is 3.38. The normalized spacial score (nSPS) is 14.6. The van der Waals surface area contributed by atoms with Crippen molar-refractivity contribution in [2.75, 3.05) is 19.6 Å². The molecule has 0 aliphatic carbocycles. The van der Waals surface area contributed by atoms with Crippen LogP contribution >= 0.6 is 27.3 Å². The molecule has 25 heavy (non-hydrogen) atoms. The highest BCUT2D eigenvalue weighted by molar-refractivity contribution is 9.10. The van der Waals surface area contributed by atoms with E-state index in [-0.39, 0.29) is 5.91 Å². The number of carbonyl (C=O) groups excluding carboxylic acids is 1. The maximum Gasteiger partial charge on any atom is 0.287 e. The molecule has 0 saturated carbocycles. The smallest absolute Gasteiger partial charge is 0.287 e. The molecule has 0 saturated heterocycles. The van der Waals surface area contributed by atoms with Crippen molar-refractivity contribution in [1.29, 1.82) is 0 Å². The number of hydrogen-bond donors (Lipinski definition) is 1. The highest BCUT2D eigenvalue weighted by Crippen LogP contribution is 2.28. The predicted octanol–water partition coefficient (Wildman–Crippen LogP) is 4.35. The van der Waals surface area contributed by atoms with Gasteiger partial charge in [-0.05, 0) is 48.6 Å². The fourth-order valence-corrected chi connectivity index (χ4v) is 4.57. The van der Waals surface area contributed by atoms with Gasteiger partial charge in [0.2, 0.25) is 0 Å². The SMILES string of the molecule is Cc1c(C(=O)NCCN2CCc3sccc3C2)oc2ccc(Br)cc12. The summed E-state index contributed by atoms with van der Waals surface area (Å²) in [5, 5.41) is 6.14. The van der Waals surface area contributed by atoms with Crippen molar-refractivity contribution in [3.63, 3.8) is 0 Å². The van der Waals surface area contributed by atoms with Crippen LogP contribution in [0.15, 0.2) is 38.5 Å². The van der Waals surface area contributed by atoms with Gasteiger partial charge in [0, 0.05) is 46.5 Å². The van der Waals surface area contributed by atoms with Gasteiger partial charge >= 0.3 is 0 Å². The molecule has 0 radical (unpaired) electrons. The van der Waals surface area contributed by atoms with E-state index in [1.165, 1.54) is 10.4 Å². The molecule has 0 spiro atoms. The van der Waals surface area contributed by atoms with Gasteiger partial charge in [-0.2, -0.15) is 0 Å². The average molecular weight is 419 g/mol. The number of amides is 1. The minimum absolute atomic E-state index is 0.141. The van der Waals surface area contributed by atoms with Crippen LogP contribution in [0.2, 0.25) is 0 Å². The molecule has 1 amide bonds. The van der Waals surface area contributed by atoms with Gasteiger partial charge in [-0.1, -0.05) is 15.9 Å². The molecular formula is C19H19BrN2O2S. The largest absolute Gasteiger partial charge is 0.451 e. The van der Waals surface area contributed by atoms with Crippen molar-refractivity contribution in [2.45, 2.75) is 19.9 Å². The van der Waals surface area contributed by atoms with E-state index in [2.05, 4.69) is 37.6 Å². The van der Waals surface area contributed by atoms with E-state index in [4.69, 9.17) is 4.42 Å². The van der Waals surface area contributed by atoms with E-state index < -0.39 is 0 Å². The Hall–Kier alpha value is -1.63. The summed E-state index contributed by atoms with van der Waals surface area (Å²) in [7, 11) is 0. The van der Waals surface area contributed by atoms with Gasteiger partial charge < -0.3 is 9.73 Å². The van der Waals surface area contributed by atoms with Crippen molar-refractivity contribution < 1.29 is 9.21 Å². The maximum absolute atomic E-state index is 12.5. The number of fused-ring (bicyclic) bond motifs is 2. The number of benzene rings is 1. The Morgan fingerprint density at radius 1 is 1.40 bits per heavy atom. The molecule has 2 aromatic heterocycles. The molecule has 4 rings (SSSR count). The first-order valence-corrected chi connectivity index (χ1v) is 10.0. The molecule has 1 N–H and O–H groups in total. The number of carbonyl (C=O) groups is 1. The predicted molar refractivity (Wildman–Crippen MR) is 104 cm³/mol. The van der Waals surface area contributed by atoms with Crippen LogP contribution in [0.4, 0.5) is 0 Å². The molecule has 6 heteroatoms. The van der Waals surface area contributed by atoms with Crippen molar-refractivity contribution in [2.24, 2.45) is 0 Å². The molecular weight excluding hydrogens is 400 g/mol. The molecule has 4 nitrogen and oxygen atoms in total. The van der Waals surface area contributed by atoms with Gasteiger partial charge in [0.25, 0.3) is 5.91 Å². The number of thiophene rings is 1. The Morgan fingerprint density at radius 3 is 3.16 bits per heavy atom. The van der Waals surface area contributed by atoms with Gasteiger partial charge in [0.15, 0.2) is 5.76 Å². The van der Waals surface area contributed by atoms with Gasteiger partial charge in [-0.3, -0.25) is 9.69 Å². The molecule has 0 bridgehead atoms. The van der Waals surface area contributed by atoms with Crippen LogP contribution in [0.5, 0.6) is 0 Å². The highest BCUT2D eigenvalue weighted by Gasteiger charge is 2.19. The number of aryl methyl sites for hydroxylation is 1. The van der Waals surface area contributed by atoms with Gasteiger partial charge in [-0.15, -0.1) is 11.3 Å². The fraction of sp³-hybridized carbons (Fsp3) is 0.316. The summed E-state index contributed by atoms with van der Waals surface area (Å²) in [6.07, 6.45) is 1.11. The molecule has 1 aliphatic heterocycles. The summed E-state index contributed by atoms with van der Waals surface area (Å²) in [6, 6.07) is 8.00. The number of furan rings is 1. The molecule has 0 fully saturated rings. The lowest BCUT2D eigenvalue weighted by molar-refractivity contribution is 0.0921. The number of rotatable bonds is 4. The third-order valence-corrected chi connectivity index (χ3v) is 6.22. The Morgan fingerprint density at radius 2 is 2.28 bits per heavy atom. The van der Waals surface area contributed by atoms with Crippen LogP contribution in [0.25, 0.3) is 11.0 Å². The van der Waals surface area contributed by atoms with Crippen LogP contribution in [-0.2, 0) is 13.0 Å². The van der Waals surface area contributed by atoms with Crippen LogP contribution in [0.3, 0.4) is 0 Å². The second-order valence-corrected chi connectivity index (χ2v) is 8.26. The second-order valence-electron chi connectivity index (χ2n) is 6.35. The van der Waals surface area contributed by atoms with Crippen molar-refractivity contribution in [1.82, 2.24) is 10.2 Å². The van der Waals surface area contributed by atoms with Gasteiger partial charge in [0.05, 0.1) is 0 Å². The number of nitrogens with one attached hydrogen (secondary N) is 1. The van der Waals surface area contributed by atoms with Crippen molar-refractivity contribution in [3.8, 4) is 0 Å². The first kappa shape index (κ1) is 16.8. The van der Waals surface area contributed by atoms with E-state index in [0.717, 1.165) is 47.1 Å². The zero-order valence-corrected chi connectivity index (χ0v) is 16.4. The number of hydrogen-bond acceptors (Lipinski definition) is 4. The average Bonchev–Trinajstić information content (AvgIpc) is 3.19. The third-order valence-electron chi connectivity index (χ3n) is 4.70. The quantitative estimate of drug-likeness (QED) is 0.684. The molecule has 0 unspecified atom stereocenters. The topological polar surface area (TPSA) is 45.5 Å². The first-order chi connectivity index (χ1) is 12.1. The minimum Gasteiger partial charge on any atom is -0.451 e. The van der Waals surface area contributed by atoms with Crippen molar-refractivity contribution >= 4 is 44.1 Å². The summed E-state index contributed by atoms with van der Waals surface area (Å²) >= 11 is 5.31. The first-order valence-electron chi connectivity index (χ1n) is 8.36. The molecule has 1 aromatic carbocycles. The molecule has 130 valence electrons. The standard InChI is InChI=1S/C19H19BrN2O2S/c1-12-15-10-14(20)2-3-16(15)24-18(12)19(23)21-6-8-22-7-4-17-13(11-22)5-9-25-17/h2-3,5,9-10H,4,6-8,11H2,1H3,(H,21,23). The maximum atomic E-state index is 12.5. The lowest BCUT2D eigenvalue weighted by Gasteiger charge is -2.26. The zero-order chi connectivity index (χ0) is 17.4. The summed E-state index contributed by atoms with van der Waals surface area (Å²) in [5.41, 5.74) is 3.06. The van der Waals surface area contributed by atoms with Crippen LogP contribution in [0.1, 0.15) is 26.6 Å². The zero-order valence-electron chi connectivity index (χ0n) is 14.0. The monoisotopic (exact) mass is 418 g/mol. The summed E-state index contributed by atoms with van der Waals surface area (Å²) in [5.74, 6) is 0.268. The van der Waals surface area contributed by atoms with Gasteiger partial charge in [0.1, 0.15) is 5.58 Å². The van der Waals surface area contributed by atoms with Gasteiger partial charge in [-0.25, -0.2) is 0 Å². The summed E-state index contributed by atoms with van der Waals surface area (Å²) in [6.45, 7) is 5.44. The highest BCUT2D eigenvalue weighted by atomic mass is 79.9. The van der Waals surface area contributed by atoms with Crippen molar-refractivity contribution in [3.05, 3.63) is 55.9 Å². The second kappa shape index (κ2) is 6.94. The Kier molecular flexibility index (Phi) is 4.67. The van der Waals surface area contributed by atoms with E-state index in [9.17, 15) is 4.79 Å². The van der Waals surface area contributed by atoms with E-state index in [1.54, 1.807) is 0 Å². The van der Waals surface area contributed by atoms with E-state index in [0.29, 0.717) is 12.3 Å². The number of nitrogens with zero attached hydrogens (tertiary/aromatic N) is 1. The Labute approximate surface area is 158 Å². The molecule has 3 aromatic rings. The van der Waals surface area contributed by atoms with E-state index >= 15 is 0 Å². The van der Waals surface area contributed by atoms with Crippen LogP contribution in [-0.4, -0.2) is 30.4 Å². The summed E-state index contributed by atoms with van der Waals surface area (Å²) in [4.78, 5) is 16.4.